The Morgan fingerprint density at radius 1 is 1.30 bits per heavy atom. The summed E-state index contributed by atoms with van der Waals surface area (Å²) in [7, 11) is 0. The van der Waals surface area contributed by atoms with Crippen molar-refractivity contribution >= 4 is 27.2 Å². The first-order valence-corrected chi connectivity index (χ1v) is 6.83. The monoisotopic (exact) mass is 343 g/mol. The van der Waals surface area contributed by atoms with Gasteiger partial charge >= 0.3 is 0 Å². The van der Waals surface area contributed by atoms with Crippen molar-refractivity contribution in [1.29, 1.82) is 0 Å². The summed E-state index contributed by atoms with van der Waals surface area (Å²) >= 11 is 2.83. The van der Waals surface area contributed by atoms with Crippen molar-refractivity contribution in [3.05, 3.63) is 30.3 Å². The molecule has 3 N–H and O–H groups in total. The van der Waals surface area contributed by atoms with Gasteiger partial charge < -0.3 is 28.5 Å². The molecule has 4 atom stereocenters. The van der Waals surface area contributed by atoms with E-state index in [0.29, 0.717) is 5.88 Å². The maximum Gasteiger partial charge on any atom is 0.192 e. The summed E-state index contributed by atoms with van der Waals surface area (Å²) in [6.07, 6.45) is -3.69. The maximum absolute atomic E-state index is 9.91. The van der Waals surface area contributed by atoms with Crippen LogP contribution in [0.15, 0.2) is 30.3 Å². The van der Waals surface area contributed by atoms with E-state index in [9.17, 15) is 10.2 Å². The lowest BCUT2D eigenvalue weighted by atomic mass is 10.1. The second kappa shape index (κ2) is 5.71. The van der Waals surface area contributed by atoms with E-state index in [2.05, 4.69) is 21.2 Å². The zero-order chi connectivity index (χ0) is 14.1. The molecule has 1 fully saturated rings. The molecule has 1 saturated heterocycles. The van der Waals surface area contributed by atoms with Crippen LogP contribution in [0.3, 0.4) is 0 Å². The lowest BCUT2D eigenvalue weighted by Crippen LogP contribution is -2.39. The number of nitrogens with one attached hydrogen (secondary N) is 1. The van der Waals surface area contributed by atoms with Crippen LogP contribution in [0.1, 0.15) is 0 Å². The van der Waals surface area contributed by atoms with Crippen LogP contribution in [0.4, 0.5) is 0 Å². The number of fused-ring (bicyclic) bond motifs is 1. The first kappa shape index (κ1) is 13.8. The van der Waals surface area contributed by atoms with Gasteiger partial charge in [-0.2, -0.15) is 0 Å². The smallest absolute Gasteiger partial charge is 0.192 e. The van der Waals surface area contributed by atoms with Gasteiger partial charge in [0.2, 0.25) is 0 Å². The van der Waals surface area contributed by atoms with Crippen molar-refractivity contribution in [2.45, 2.75) is 24.6 Å². The second-order valence-electron chi connectivity index (χ2n) is 4.63. The molecule has 0 unspecified atom stereocenters. The van der Waals surface area contributed by atoms with E-state index < -0.39 is 24.6 Å². The highest BCUT2D eigenvalue weighted by Gasteiger charge is 2.45. The predicted octanol–water partition coefficient (Wildman–Crippen LogP) is 1.32. The molecule has 6 nitrogen and oxygen atoms in total. The molecular formula is C13H14BrNO5. The summed E-state index contributed by atoms with van der Waals surface area (Å²) in [5.41, 5.74) is 0.935. The van der Waals surface area contributed by atoms with Gasteiger partial charge in [-0.3, -0.25) is 0 Å². The predicted molar refractivity (Wildman–Crippen MR) is 74.5 cm³/mol. The van der Waals surface area contributed by atoms with Crippen molar-refractivity contribution in [3.63, 3.8) is 0 Å². The Bertz CT molecular complexity index is 556. The first-order chi connectivity index (χ1) is 9.69. The average molecular weight is 344 g/mol. The quantitative estimate of drug-likeness (QED) is 0.779. The standard InChI is InChI=1S/C13H14BrNO5/c14-18-6-9-12(11(16)13(17)19-9)20-10-5-7-3-1-2-4-8(7)15-10/h1-5,9,11-13,15-17H,6H2/t9-,11+,12-,13+/m1/s1. The van der Waals surface area contributed by atoms with Gasteiger partial charge in [-0.15, -0.1) is 0 Å². The number of para-hydroxylation sites is 1. The zero-order valence-corrected chi connectivity index (χ0v) is 12.0. The summed E-state index contributed by atoms with van der Waals surface area (Å²) in [6.45, 7) is 0.152. The van der Waals surface area contributed by atoms with Crippen molar-refractivity contribution in [2.24, 2.45) is 0 Å². The molecule has 0 amide bonds. The molecule has 2 heterocycles. The highest BCUT2D eigenvalue weighted by atomic mass is 79.9. The molecule has 3 rings (SSSR count). The van der Waals surface area contributed by atoms with Gasteiger partial charge in [0.25, 0.3) is 0 Å². The number of aliphatic hydroxyl groups is 2. The van der Waals surface area contributed by atoms with Crippen LogP contribution in [-0.2, 0) is 8.57 Å². The Morgan fingerprint density at radius 3 is 2.85 bits per heavy atom. The van der Waals surface area contributed by atoms with E-state index in [1.54, 1.807) is 0 Å². The molecule has 108 valence electrons. The summed E-state index contributed by atoms with van der Waals surface area (Å²) in [5, 5.41) is 20.5. The van der Waals surface area contributed by atoms with E-state index in [1.807, 2.05) is 30.3 Å². The Balaban J connectivity index is 1.81. The number of H-pyrrole nitrogens is 1. The van der Waals surface area contributed by atoms with Crippen molar-refractivity contribution in [3.8, 4) is 5.88 Å². The number of aromatic nitrogens is 1. The van der Waals surface area contributed by atoms with Crippen LogP contribution < -0.4 is 4.74 Å². The molecule has 1 aromatic heterocycles. The topological polar surface area (TPSA) is 83.9 Å². The minimum atomic E-state index is -1.28. The third-order valence-electron chi connectivity index (χ3n) is 3.30. The number of hydrogen-bond donors (Lipinski definition) is 3. The summed E-state index contributed by atoms with van der Waals surface area (Å²) in [6, 6.07) is 9.56. The fourth-order valence-corrected chi connectivity index (χ4v) is 2.58. The van der Waals surface area contributed by atoms with E-state index in [1.165, 1.54) is 0 Å². The lowest BCUT2D eigenvalue weighted by molar-refractivity contribution is -0.130. The van der Waals surface area contributed by atoms with Crippen LogP contribution in [0.2, 0.25) is 0 Å². The molecular weight excluding hydrogens is 330 g/mol. The third-order valence-corrected chi connectivity index (χ3v) is 3.57. The van der Waals surface area contributed by atoms with E-state index in [-0.39, 0.29) is 6.61 Å². The van der Waals surface area contributed by atoms with Crippen LogP contribution in [0, 0.1) is 0 Å². The van der Waals surface area contributed by atoms with Crippen LogP contribution in [0.5, 0.6) is 5.88 Å². The van der Waals surface area contributed by atoms with Crippen LogP contribution in [0.25, 0.3) is 10.9 Å². The normalized spacial score (nSPS) is 29.9. The molecule has 0 saturated carbocycles. The molecule has 0 aliphatic carbocycles. The Kier molecular flexibility index (Phi) is 3.95. The minimum Gasteiger partial charge on any atom is -0.470 e. The first-order valence-electron chi connectivity index (χ1n) is 6.18. The van der Waals surface area contributed by atoms with E-state index >= 15 is 0 Å². The summed E-state index contributed by atoms with van der Waals surface area (Å²) < 4.78 is 15.7. The molecule has 0 radical (unpaired) electrons. The van der Waals surface area contributed by atoms with Crippen LogP contribution >= 0.6 is 16.3 Å². The fraction of sp³-hybridized carbons (Fsp3) is 0.385. The molecule has 1 aromatic carbocycles. The van der Waals surface area contributed by atoms with Crippen molar-refractivity contribution < 1.29 is 23.5 Å². The second-order valence-corrected chi connectivity index (χ2v) is 5.09. The zero-order valence-electron chi connectivity index (χ0n) is 10.4. The molecule has 7 heteroatoms. The van der Waals surface area contributed by atoms with Crippen molar-refractivity contribution in [1.82, 2.24) is 4.98 Å². The lowest BCUT2D eigenvalue weighted by Gasteiger charge is -2.19. The molecule has 0 bridgehead atoms. The maximum atomic E-state index is 9.91. The van der Waals surface area contributed by atoms with Crippen molar-refractivity contribution in [2.75, 3.05) is 6.61 Å². The van der Waals surface area contributed by atoms with Gasteiger partial charge in [-0.1, -0.05) is 18.2 Å². The number of benzene rings is 1. The number of halogens is 1. The number of ether oxygens (including phenoxy) is 2. The number of aliphatic hydroxyl groups excluding tert-OH is 2. The molecule has 0 spiro atoms. The average Bonchev–Trinajstić information content (AvgIpc) is 2.96. The fourth-order valence-electron chi connectivity index (χ4n) is 2.32. The molecule has 1 aliphatic heterocycles. The summed E-state index contributed by atoms with van der Waals surface area (Å²) in [4.78, 5) is 3.10. The van der Waals surface area contributed by atoms with Gasteiger partial charge in [0.05, 0.1) is 22.9 Å². The van der Waals surface area contributed by atoms with Gasteiger partial charge in [0.1, 0.15) is 12.2 Å². The number of hydrogen-bond acceptors (Lipinski definition) is 5. The molecule has 1 aliphatic rings. The van der Waals surface area contributed by atoms with E-state index in [0.717, 1.165) is 10.9 Å². The van der Waals surface area contributed by atoms with Gasteiger partial charge in [0, 0.05) is 17.0 Å². The third kappa shape index (κ3) is 2.55. The summed E-state index contributed by atoms with van der Waals surface area (Å²) in [5.74, 6) is 0.507. The Morgan fingerprint density at radius 2 is 2.10 bits per heavy atom. The highest BCUT2D eigenvalue weighted by molar-refractivity contribution is 9.06. The SMILES string of the molecule is O[C@H]1[C@H](Oc2cc3ccccc3[nH]2)[C@@H](COBr)O[C@@H]1O. The van der Waals surface area contributed by atoms with Crippen LogP contribution in [-0.4, -0.2) is 46.4 Å². The number of rotatable bonds is 4. The van der Waals surface area contributed by atoms with Gasteiger partial charge in [-0.25, -0.2) is 0 Å². The number of aromatic amines is 1. The Hall–Kier alpha value is -1.12. The largest absolute Gasteiger partial charge is 0.470 e. The van der Waals surface area contributed by atoms with E-state index in [4.69, 9.17) is 13.3 Å². The van der Waals surface area contributed by atoms with Gasteiger partial charge in [-0.05, 0) is 6.07 Å². The van der Waals surface area contributed by atoms with Gasteiger partial charge in [0.15, 0.2) is 18.3 Å². The molecule has 20 heavy (non-hydrogen) atoms. The highest BCUT2D eigenvalue weighted by Crippen LogP contribution is 2.27. The molecule has 2 aromatic rings. The Labute approximate surface area is 123 Å². The minimum absolute atomic E-state index is 0.152.